The first-order chi connectivity index (χ1) is 14.0. The van der Waals surface area contributed by atoms with Crippen molar-refractivity contribution in [1.82, 2.24) is 4.90 Å². The van der Waals surface area contributed by atoms with Gasteiger partial charge in [0.25, 0.3) is 5.69 Å². The van der Waals surface area contributed by atoms with E-state index in [-0.39, 0.29) is 23.9 Å². The van der Waals surface area contributed by atoms with Crippen LogP contribution in [-0.4, -0.2) is 54.5 Å². The predicted octanol–water partition coefficient (Wildman–Crippen LogP) is 2.05. The Labute approximate surface area is 167 Å². The van der Waals surface area contributed by atoms with Crippen LogP contribution in [0.3, 0.4) is 0 Å². The molecule has 29 heavy (non-hydrogen) atoms. The lowest BCUT2D eigenvalue weighted by Crippen LogP contribution is -2.41. The number of carbonyl (C=O) groups is 2. The highest BCUT2D eigenvalue weighted by Gasteiger charge is 2.16. The van der Waals surface area contributed by atoms with Crippen LogP contribution in [0.2, 0.25) is 0 Å². The number of benzene rings is 2. The van der Waals surface area contributed by atoms with Gasteiger partial charge in [-0.2, -0.15) is 0 Å². The van der Waals surface area contributed by atoms with Crippen LogP contribution in [-0.2, 0) is 20.7 Å². The third-order valence-electron chi connectivity index (χ3n) is 4.46. The van der Waals surface area contributed by atoms with Gasteiger partial charge in [0.1, 0.15) is 0 Å². The monoisotopic (exact) mass is 398 g/mol. The quantitative estimate of drug-likeness (QED) is 0.545. The SMILES string of the molecule is O=C(Cc1ccccc1[N+](=O)[O-])Nc1ccc(NC(=O)CN2CCOCC2)cc1. The number of carbonyl (C=O) groups excluding carboxylic acids is 2. The summed E-state index contributed by atoms with van der Waals surface area (Å²) < 4.78 is 5.26. The summed E-state index contributed by atoms with van der Waals surface area (Å²) in [5.74, 6) is -0.469. The molecule has 0 aromatic heterocycles. The van der Waals surface area contributed by atoms with E-state index in [9.17, 15) is 19.7 Å². The second kappa shape index (κ2) is 9.76. The molecule has 9 nitrogen and oxygen atoms in total. The van der Waals surface area contributed by atoms with E-state index in [0.717, 1.165) is 13.1 Å². The summed E-state index contributed by atoms with van der Waals surface area (Å²) in [7, 11) is 0. The highest BCUT2D eigenvalue weighted by molar-refractivity contribution is 5.94. The molecule has 1 saturated heterocycles. The van der Waals surface area contributed by atoms with Gasteiger partial charge in [-0.05, 0) is 24.3 Å². The summed E-state index contributed by atoms with van der Waals surface area (Å²) >= 11 is 0. The zero-order valence-electron chi connectivity index (χ0n) is 15.8. The molecule has 2 aromatic rings. The molecule has 1 fully saturated rings. The highest BCUT2D eigenvalue weighted by Crippen LogP contribution is 2.19. The van der Waals surface area contributed by atoms with Gasteiger partial charge in [-0.1, -0.05) is 18.2 Å². The number of ether oxygens (including phenoxy) is 1. The van der Waals surface area contributed by atoms with E-state index in [1.165, 1.54) is 6.07 Å². The van der Waals surface area contributed by atoms with Crippen LogP contribution in [0.4, 0.5) is 17.1 Å². The molecular formula is C20H22N4O5. The van der Waals surface area contributed by atoms with Crippen molar-refractivity contribution < 1.29 is 19.2 Å². The molecule has 0 aliphatic carbocycles. The van der Waals surface area contributed by atoms with Crippen molar-refractivity contribution in [2.24, 2.45) is 0 Å². The number of morpholine rings is 1. The van der Waals surface area contributed by atoms with E-state index in [1.54, 1.807) is 42.5 Å². The van der Waals surface area contributed by atoms with E-state index in [2.05, 4.69) is 10.6 Å². The van der Waals surface area contributed by atoms with Crippen LogP contribution in [0, 0.1) is 10.1 Å². The zero-order chi connectivity index (χ0) is 20.6. The predicted molar refractivity (Wildman–Crippen MR) is 108 cm³/mol. The molecule has 0 unspecified atom stereocenters. The van der Waals surface area contributed by atoms with Gasteiger partial charge in [-0.15, -0.1) is 0 Å². The number of nitrogens with zero attached hydrogens (tertiary/aromatic N) is 2. The summed E-state index contributed by atoms with van der Waals surface area (Å²) in [6, 6.07) is 12.9. The number of rotatable bonds is 7. The molecule has 0 bridgehead atoms. The third-order valence-corrected chi connectivity index (χ3v) is 4.46. The van der Waals surface area contributed by atoms with Gasteiger partial charge in [-0.25, -0.2) is 0 Å². The van der Waals surface area contributed by atoms with Gasteiger partial charge in [0, 0.05) is 36.1 Å². The Morgan fingerprint density at radius 3 is 2.17 bits per heavy atom. The lowest BCUT2D eigenvalue weighted by molar-refractivity contribution is -0.385. The Bertz CT molecular complexity index is 879. The zero-order valence-corrected chi connectivity index (χ0v) is 15.8. The van der Waals surface area contributed by atoms with Crippen molar-refractivity contribution in [1.29, 1.82) is 0 Å². The fraction of sp³-hybridized carbons (Fsp3) is 0.300. The molecule has 152 valence electrons. The molecule has 2 amide bonds. The number of amides is 2. The molecule has 9 heteroatoms. The second-order valence-corrected chi connectivity index (χ2v) is 6.62. The van der Waals surface area contributed by atoms with Crippen molar-refractivity contribution in [2.75, 3.05) is 43.5 Å². The molecule has 3 rings (SSSR count). The lowest BCUT2D eigenvalue weighted by Gasteiger charge is -2.25. The first-order valence-corrected chi connectivity index (χ1v) is 9.23. The van der Waals surface area contributed by atoms with Gasteiger partial charge >= 0.3 is 0 Å². The van der Waals surface area contributed by atoms with Crippen LogP contribution >= 0.6 is 0 Å². The number of hydrogen-bond donors (Lipinski definition) is 2. The van der Waals surface area contributed by atoms with Crippen molar-refractivity contribution in [3.8, 4) is 0 Å². The molecular weight excluding hydrogens is 376 g/mol. The van der Waals surface area contributed by atoms with Crippen molar-refractivity contribution >= 4 is 28.9 Å². The molecule has 1 aliphatic heterocycles. The Morgan fingerprint density at radius 2 is 1.55 bits per heavy atom. The van der Waals surface area contributed by atoms with Crippen LogP contribution in [0.25, 0.3) is 0 Å². The first-order valence-electron chi connectivity index (χ1n) is 9.23. The number of para-hydroxylation sites is 1. The number of hydrogen-bond acceptors (Lipinski definition) is 6. The molecule has 0 spiro atoms. The van der Waals surface area contributed by atoms with E-state index >= 15 is 0 Å². The topological polar surface area (TPSA) is 114 Å². The maximum absolute atomic E-state index is 12.2. The lowest BCUT2D eigenvalue weighted by atomic mass is 10.1. The van der Waals surface area contributed by atoms with Gasteiger partial charge < -0.3 is 15.4 Å². The van der Waals surface area contributed by atoms with Gasteiger partial charge in [0.05, 0.1) is 31.1 Å². The summed E-state index contributed by atoms with van der Waals surface area (Å²) in [5.41, 5.74) is 1.43. The molecule has 2 aromatic carbocycles. The Hall–Kier alpha value is -3.30. The summed E-state index contributed by atoms with van der Waals surface area (Å²) in [4.78, 5) is 36.9. The van der Waals surface area contributed by atoms with Crippen LogP contribution in [0.15, 0.2) is 48.5 Å². The Kier molecular flexibility index (Phi) is 6.88. The largest absolute Gasteiger partial charge is 0.379 e. The fourth-order valence-electron chi connectivity index (χ4n) is 3.02. The Balaban J connectivity index is 1.51. The smallest absolute Gasteiger partial charge is 0.273 e. The molecule has 0 atom stereocenters. The van der Waals surface area contributed by atoms with E-state index < -0.39 is 4.92 Å². The Morgan fingerprint density at radius 1 is 0.966 bits per heavy atom. The summed E-state index contributed by atoms with van der Waals surface area (Å²) in [6.07, 6.45) is -0.102. The van der Waals surface area contributed by atoms with E-state index in [0.29, 0.717) is 36.7 Å². The van der Waals surface area contributed by atoms with Gasteiger partial charge in [0.15, 0.2) is 0 Å². The molecule has 0 radical (unpaired) electrons. The summed E-state index contributed by atoms with van der Waals surface area (Å²) in [5, 5.41) is 16.6. The minimum absolute atomic E-state index is 0.0824. The highest BCUT2D eigenvalue weighted by atomic mass is 16.6. The molecule has 1 aliphatic rings. The van der Waals surface area contributed by atoms with Gasteiger partial charge in [0.2, 0.25) is 11.8 Å². The number of nitro benzene ring substituents is 1. The van der Waals surface area contributed by atoms with Crippen LogP contribution < -0.4 is 10.6 Å². The molecule has 0 saturated carbocycles. The average molecular weight is 398 g/mol. The van der Waals surface area contributed by atoms with Crippen molar-refractivity contribution in [3.05, 3.63) is 64.2 Å². The normalized spacial score (nSPS) is 14.2. The molecule has 1 heterocycles. The first kappa shape index (κ1) is 20.4. The molecule has 2 N–H and O–H groups in total. The van der Waals surface area contributed by atoms with Crippen molar-refractivity contribution in [3.63, 3.8) is 0 Å². The van der Waals surface area contributed by atoms with E-state index in [4.69, 9.17) is 4.74 Å². The number of nitro groups is 1. The standard InChI is InChI=1S/C20H22N4O5/c25-19(13-15-3-1-2-4-18(15)24(27)28)21-16-5-7-17(8-6-16)22-20(26)14-23-9-11-29-12-10-23/h1-8H,9-14H2,(H,21,25)(H,22,26). The van der Waals surface area contributed by atoms with Crippen LogP contribution in [0.5, 0.6) is 0 Å². The van der Waals surface area contributed by atoms with Gasteiger partial charge in [-0.3, -0.25) is 24.6 Å². The third kappa shape index (κ3) is 6.09. The van der Waals surface area contributed by atoms with E-state index in [1.807, 2.05) is 4.90 Å². The maximum Gasteiger partial charge on any atom is 0.273 e. The van der Waals surface area contributed by atoms with Crippen molar-refractivity contribution in [2.45, 2.75) is 6.42 Å². The minimum atomic E-state index is -0.503. The maximum atomic E-state index is 12.2. The van der Waals surface area contributed by atoms with Crippen LogP contribution in [0.1, 0.15) is 5.56 Å². The minimum Gasteiger partial charge on any atom is -0.379 e. The number of anilines is 2. The fourth-order valence-corrected chi connectivity index (χ4v) is 3.02. The second-order valence-electron chi connectivity index (χ2n) is 6.62. The average Bonchev–Trinajstić information content (AvgIpc) is 2.70. The summed E-state index contributed by atoms with van der Waals surface area (Å²) in [6.45, 7) is 3.04. The number of nitrogens with one attached hydrogen (secondary N) is 2.